The molecule has 0 saturated heterocycles. The summed E-state index contributed by atoms with van der Waals surface area (Å²) in [7, 11) is 0. The van der Waals surface area contributed by atoms with Gasteiger partial charge in [-0.3, -0.25) is 9.78 Å². The normalized spacial score (nSPS) is 10.4. The van der Waals surface area contributed by atoms with Crippen molar-refractivity contribution in [3.05, 3.63) is 50.9 Å². The lowest BCUT2D eigenvalue weighted by atomic mass is 10.0. The predicted octanol–water partition coefficient (Wildman–Crippen LogP) is 3.53. The lowest BCUT2D eigenvalue weighted by Crippen LogP contribution is -2.04. The molecule has 0 spiro atoms. The van der Waals surface area contributed by atoms with Gasteiger partial charge in [0.25, 0.3) is 0 Å². The van der Waals surface area contributed by atoms with Gasteiger partial charge in [0.15, 0.2) is 5.78 Å². The second-order valence-corrected chi connectivity index (χ2v) is 4.69. The molecular formula is C12H10ClNOS. The zero-order valence-electron chi connectivity index (χ0n) is 8.74. The first-order chi connectivity index (χ1) is 7.68. The molecule has 0 saturated carbocycles. The molecule has 0 bridgehead atoms. The molecule has 16 heavy (non-hydrogen) atoms. The number of Topliss-reactive ketones (excluding diaryl/α,β-unsaturated/α-hetero) is 1. The molecule has 0 N–H and O–H groups in total. The number of aromatic nitrogens is 1. The summed E-state index contributed by atoms with van der Waals surface area (Å²) < 4.78 is 0. The van der Waals surface area contributed by atoms with Gasteiger partial charge >= 0.3 is 0 Å². The van der Waals surface area contributed by atoms with E-state index in [0.717, 1.165) is 16.7 Å². The Balaban J connectivity index is 2.21. The van der Waals surface area contributed by atoms with E-state index in [-0.39, 0.29) is 5.78 Å². The molecular weight excluding hydrogens is 242 g/mol. The minimum Gasteiger partial charge on any atom is -0.294 e. The van der Waals surface area contributed by atoms with E-state index >= 15 is 0 Å². The van der Waals surface area contributed by atoms with Gasteiger partial charge < -0.3 is 0 Å². The maximum atomic E-state index is 12.0. The molecule has 0 aliphatic heterocycles. The Bertz CT molecular complexity index is 521. The highest BCUT2D eigenvalue weighted by Crippen LogP contribution is 2.19. The molecule has 2 rings (SSSR count). The summed E-state index contributed by atoms with van der Waals surface area (Å²) in [6, 6.07) is 1.78. The van der Waals surface area contributed by atoms with E-state index in [4.69, 9.17) is 11.6 Å². The number of nitrogens with zero attached hydrogens (tertiary/aromatic N) is 1. The van der Waals surface area contributed by atoms with Gasteiger partial charge in [-0.1, -0.05) is 11.6 Å². The smallest absolute Gasteiger partial charge is 0.168 e. The fourth-order valence-electron chi connectivity index (χ4n) is 1.46. The summed E-state index contributed by atoms with van der Waals surface area (Å²) in [5.41, 5.74) is 2.64. The van der Waals surface area contributed by atoms with Crippen LogP contribution in [0, 0.1) is 6.92 Å². The maximum absolute atomic E-state index is 12.0. The Morgan fingerprint density at radius 2 is 2.31 bits per heavy atom. The number of aryl methyl sites for hydroxylation is 1. The van der Waals surface area contributed by atoms with E-state index in [9.17, 15) is 4.79 Å². The highest BCUT2D eigenvalue weighted by Gasteiger charge is 2.12. The van der Waals surface area contributed by atoms with Crippen LogP contribution in [-0.2, 0) is 6.42 Å². The minimum absolute atomic E-state index is 0.104. The standard InChI is InChI=1S/C12H10ClNOS/c1-8-6-16-7-10(8)12(15)4-9-2-3-14-5-11(9)13/h2-3,5-7H,4H2,1H3. The first-order valence-corrected chi connectivity index (χ1v) is 6.15. The molecule has 0 aliphatic rings. The SMILES string of the molecule is Cc1cscc1C(=O)Cc1ccncc1Cl. The highest BCUT2D eigenvalue weighted by atomic mass is 35.5. The van der Waals surface area contributed by atoms with Gasteiger partial charge in [0.05, 0.1) is 5.02 Å². The molecule has 2 aromatic rings. The fourth-order valence-corrected chi connectivity index (χ4v) is 2.50. The van der Waals surface area contributed by atoms with Crippen LogP contribution in [0.2, 0.25) is 5.02 Å². The Morgan fingerprint density at radius 1 is 1.50 bits per heavy atom. The molecule has 0 unspecified atom stereocenters. The summed E-state index contributed by atoms with van der Waals surface area (Å²) in [6.45, 7) is 1.94. The van der Waals surface area contributed by atoms with E-state index in [1.165, 1.54) is 0 Å². The van der Waals surface area contributed by atoms with Crippen LogP contribution in [0.5, 0.6) is 0 Å². The van der Waals surface area contributed by atoms with Crippen LogP contribution in [0.1, 0.15) is 21.5 Å². The average molecular weight is 252 g/mol. The molecule has 2 nitrogen and oxygen atoms in total. The number of hydrogen-bond acceptors (Lipinski definition) is 3. The molecule has 4 heteroatoms. The van der Waals surface area contributed by atoms with Gasteiger partial charge in [0.1, 0.15) is 0 Å². The molecule has 0 aliphatic carbocycles. The third-order valence-corrected chi connectivity index (χ3v) is 3.57. The molecule has 82 valence electrons. The summed E-state index contributed by atoms with van der Waals surface area (Å²) in [4.78, 5) is 15.9. The summed E-state index contributed by atoms with van der Waals surface area (Å²) in [5, 5.41) is 4.40. The van der Waals surface area contributed by atoms with Crippen molar-refractivity contribution >= 4 is 28.7 Å². The Morgan fingerprint density at radius 3 is 2.94 bits per heavy atom. The van der Waals surface area contributed by atoms with Gasteiger partial charge in [-0.05, 0) is 29.5 Å². The minimum atomic E-state index is 0.104. The number of pyridine rings is 1. The van der Waals surface area contributed by atoms with E-state index in [0.29, 0.717) is 11.4 Å². The number of ketones is 1. The Kier molecular flexibility index (Phi) is 3.36. The molecule has 2 aromatic heterocycles. The van der Waals surface area contributed by atoms with E-state index < -0.39 is 0 Å². The topological polar surface area (TPSA) is 30.0 Å². The summed E-state index contributed by atoms with van der Waals surface area (Å²) in [6.07, 6.45) is 3.54. The molecule has 2 heterocycles. The van der Waals surface area contributed by atoms with Gasteiger partial charge in [-0.25, -0.2) is 0 Å². The zero-order chi connectivity index (χ0) is 11.5. The van der Waals surface area contributed by atoms with Crippen LogP contribution >= 0.6 is 22.9 Å². The van der Waals surface area contributed by atoms with Crippen molar-refractivity contribution in [1.82, 2.24) is 4.98 Å². The van der Waals surface area contributed by atoms with Crippen LogP contribution in [0.4, 0.5) is 0 Å². The Hall–Kier alpha value is -1.19. The fraction of sp³-hybridized carbons (Fsp3) is 0.167. The number of hydrogen-bond donors (Lipinski definition) is 0. The van der Waals surface area contributed by atoms with Crippen molar-refractivity contribution in [2.45, 2.75) is 13.3 Å². The molecule has 0 fully saturated rings. The lowest BCUT2D eigenvalue weighted by molar-refractivity contribution is 0.0993. The van der Waals surface area contributed by atoms with Gasteiger partial charge in [0, 0.05) is 29.8 Å². The van der Waals surface area contributed by atoms with Crippen LogP contribution in [-0.4, -0.2) is 10.8 Å². The largest absolute Gasteiger partial charge is 0.294 e. The third-order valence-electron chi connectivity index (χ3n) is 2.36. The molecule has 0 atom stereocenters. The highest BCUT2D eigenvalue weighted by molar-refractivity contribution is 7.08. The predicted molar refractivity (Wildman–Crippen MR) is 66.3 cm³/mol. The van der Waals surface area contributed by atoms with Crippen molar-refractivity contribution in [3.63, 3.8) is 0 Å². The van der Waals surface area contributed by atoms with Gasteiger partial charge in [0.2, 0.25) is 0 Å². The van der Waals surface area contributed by atoms with Crippen LogP contribution in [0.15, 0.2) is 29.2 Å². The van der Waals surface area contributed by atoms with Crippen molar-refractivity contribution in [2.24, 2.45) is 0 Å². The van der Waals surface area contributed by atoms with Gasteiger partial charge in [-0.2, -0.15) is 11.3 Å². The van der Waals surface area contributed by atoms with Crippen LogP contribution in [0.3, 0.4) is 0 Å². The molecule has 0 amide bonds. The number of carbonyl (C=O) groups is 1. The summed E-state index contributed by atoms with van der Waals surface area (Å²) in [5.74, 6) is 0.104. The van der Waals surface area contributed by atoms with Crippen LogP contribution < -0.4 is 0 Å². The number of carbonyl (C=O) groups excluding carboxylic acids is 1. The van der Waals surface area contributed by atoms with Crippen molar-refractivity contribution in [3.8, 4) is 0 Å². The van der Waals surface area contributed by atoms with E-state index in [2.05, 4.69) is 4.98 Å². The number of rotatable bonds is 3. The zero-order valence-corrected chi connectivity index (χ0v) is 10.3. The maximum Gasteiger partial charge on any atom is 0.168 e. The van der Waals surface area contributed by atoms with Crippen molar-refractivity contribution in [1.29, 1.82) is 0 Å². The van der Waals surface area contributed by atoms with Crippen molar-refractivity contribution < 1.29 is 4.79 Å². The second-order valence-electron chi connectivity index (χ2n) is 3.54. The summed E-state index contributed by atoms with van der Waals surface area (Å²) >= 11 is 7.50. The average Bonchev–Trinajstić information content (AvgIpc) is 2.68. The van der Waals surface area contributed by atoms with E-state index in [1.54, 1.807) is 29.8 Å². The van der Waals surface area contributed by atoms with Gasteiger partial charge in [-0.15, -0.1) is 0 Å². The first-order valence-electron chi connectivity index (χ1n) is 4.83. The van der Waals surface area contributed by atoms with E-state index in [1.807, 2.05) is 17.7 Å². The molecule has 0 radical (unpaired) electrons. The second kappa shape index (κ2) is 4.76. The lowest BCUT2D eigenvalue weighted by Gasteiger charge is -2.02. The molecule has 0 aromatic carbocycles. The number of thiophene rings is 1. The number of halogens is 1. The Labute approximate surface area is 103 Å². The third kappa shape index (κ3) is 2.31. The van der Waals surface area contributed by atoms with Crippen LogP contribution in [0.25, 0.3) is 0 Å². The monoisotopic (exact) mass is 251 g/mol. The first kappa shape index (κ1) is 11.3. The van der Waals surface area contributed by atoms with Crippen molar-refractivity contribution in [2.75, 3.05) is 0 Å². The quantitative estimate of drug-likeness (QED) is 0.781.